The third kappa shape index (κ3) is 5.68. The lowest BCUT2D eigenvalue weighted by molar-refractivity contribution is 0.284. The zero-order chi connectivity index (χ0) is 21.5. The van der Waals surface area contributed by atoms with Crippen LogP contribution >= 0.6 is 0 Å². The topological polar surface area (TPSA) is 9.23 Å². The summed E-state index contributed by atoms with van der Waals surface area (Å²) in [4.78, 5) is 0. The largest absolute Gasteiger partial charge is 0.490 e. The van der Waals surface area contributed by atoms with Crippen LogP contribution in [0.5, 0.6) is 5.75 Å². The average Bonchev–Trinajstić information content (AvgIpc) is 2.74. The first-order valence-electron chi connectivity index (χ1n) is 11.0. The molecule has 0 aromatic heterocycles. The van der Waals surface area contributed by atoms with Crippen molar-refractivity contribution in [2.45, 2.75) is 64.7 Å². The first kappa shape index (κ1) is 22.5. The fourth-order valence-corrected chi connectivity index (χ4v) is 4.14. The Balaban J connectivity index is 1.58. The lowest BCUT2D eigenvalue weighted by atomic mass is 9.78. The summed E-state index contributed by atoms with van der Waals surface area (Å²) in [5.41, 5.74) is 1.93. The van der Waals surface area contributed by atoms with E-state index in [-0.39, 0.29) is 17.5 Å². The molecule has 3 rings (SSSR count). The Morgan fingerprint density at radius 1 is 0.967 bits per heavy atom. The molecule has 1 saturated carbocycles. The molecule has 0 radical (unpaired) electrons. The van der Waals surface area contributed by atoms with Gasteiger partial charge in [-0.2, -0.15) is 4.39 Å². The standard InChI is InChI=1S/C26H31F3O/c1-3-4-5-16-30-24-15-14-22(25(28)26(24)29)20-11-7-19(8-12-20)9-13-21-10-6-18(2)17-23(21)27/h6,9-10,13-15,17,19-20H,3-5,7-8,11-12,16H2,1-2H3/b13-9+. The van der Waals surface area contributed by atoms with Crippen LogP contribution < -0.4 is 4.74 Å². The first-order valence-corrected chi connectivity index (χ1v) is 11.0. The highest BCUT2D eigenvalue weighted by atomic mass is 19.2. The van der Waals surface area contributed by atoms with Gasteiger partial charge in [-0.3, -0.25) is 0 Å². The smallest absolute Gasteiger partial charge is 0.200 e. The quantitative estimate of drug-likeness (QED) is 0.397. The Morgan fingerprint density at radius 3 is 2.43 bits per heavy atom. The van der Waals surface area contributed by atoms with Gasteiger partial charge in [0.15, 0.2) is 11.6 Å². The van der Waals surface area contributed by atoms with Gasteiger partial charge in [-0.1, -0.05) is 50.1 Å². The Hall–Kier alpha value is -2.23. The van der Waals surface area contributed by atoms with Crippen molar-refractivity contribution in [2.24, 2.45) is 5.92 Å². The maximum Gasteiger partial charge on any atom is 0.200 e. The van der Waals surface area contributed by atoms with E-state index in [1.165, 1.54) is 6.07 Å². The van der Waals surface area contributed by atoms with Gasteiger partial charge in [0.2, 0.25) is 5.82 Å². The maximum atomic E-state index is 14.7. The summed E-state index contributed by atoms with van der Waals surface area (Å²) in [7, 11) is 0. The molecule has 2 aromatic carbocycles. The summed E-state index contributed by atoms with van der Waals surface area (Å²) in [6.07, 6.45) is 10.1. The molecule has 0 unspecified atom stereocenters. The molecule has 1 nitrogen and oxygen atoms in total. The fourth-order valence-electron chi connectivity index (χ4n) is 4.14. The molecule has 0 spiro atoms. The van der Waals surface area contributed by atoms with E-state index in [1.54, 1.807) is 18.2 Å². The van der Waals surface area contributed by atoms with Crippen molar-refractivity contribution in [3.63, 3.8) is 0 Å². The molecule has 0 saturated heterocycles. The first-order chi connectivity index (χ1) is 14.5. The number of hydrogen-bond donors (Lipinski definition) is 0. The molecule has 0 atom stereocenters. The van der Waals surface area contributed by atoms with Crippen LogP contribution in [0.25, 0.3) is 6.08 Å². The van der Waals surface area contributed by atoms with E-state index in [1.807, 2.05) is 25.1 Å². The molecule has 4 heteroatoms. The van der Waals surface area contributed by atoms with E-state index in [4.69, 9.17) is 4.74 Å². The predicted octanol–water partition coefficient (Wildman–Crippen LogP) is 7.97. The van der Waals surface area contributed by atoms with Crippen LogP contribution in [0.4, 0.5) is 13.2 Å². The summed E-state index contributed by atoms with van der Waals surface area (Å²) in [6.45, 7) is 4.36. The highest BCUT2D eigenvalue weighted by Crippen LogP contribution is 2.39. The molecular formula is C26H31F3O. The van der Waals surface area contributed by atoms with Gasteiger partial charge < -0.3 is 4.74 Å². The summed E-state index contributed by atoms with van der Waals surface area (Å²) >= 11 is 0. The molecule has 0 aliphatic heterocycles. The zero-order valence-corrected chi connectivity index (χ0v) is 17.9. The highest BCUT2D eigenvalue weighted by molar-refractivity contribution is 5.51. The van der Waals surface area contributed by atoms with Crippen molar-refractivity contribution in [3.05, 3.63) is 70.5 Å². The Bertz CT molecular complexity index is 867. The van der Waals surface area contributed by atoms with Crippen molar-refractivity contribution in [1.82, 2.24) is 0 Å². The lowest BCUT2D eigenvalue weighted by Gasteiger charge is -2.27. The van der Waals surface area contributed by atoms with Crippen LogP contribution in [-0.4, -0.2) is 6.61 Å². The van der Waals surface area contributed by atoms with Crippen molar-refractivity contribution < 1.29 is 17.9 Å². The van der Waals surface area contributed by atoms with Gasteiger partial charge in [0.25, 0.3) is 0 Å². The van der Waals surface area contributed by atoms with Gasteiger partial charge >= 0.3 is 0 Å². The molecule has 162 valence electrons. The fraction of sp³-hybridized carbons (Fsp3) is 0.462. The Labute approximate surface area is 178 Å². The maximum absolute atomic E-state index is 14.7. The molecular weight excluding hydrogens is 385 g/mol. The molecule has 2 aromatic rings. The SMILES string of the molecule is CCCCCOc1ccc(C2CCC(/C=C/c3ccc(C)cc3F)CC2)c(F)c1F. The summed E-state index contributed by atoms with van der Waals surface area (Å²) < 4.78 is 48.5. The van der Waals surface area contributed by atoms with Gasteiger partial charge in [-0.05, 0) is 74.1 Å². The predicted molar refractivity (Wildman–Crippen MR) is 116 cm³/mol. The second-order valence-electron chi connectivity index (χ2n) is 8.33. The second-order valence-corrected chi connectivity index (χ2v) is 8.33. The van der Waals surface area contributed by atoms with Gasteiger partial charge in [-0.25, -0.2) is 8.78 Å². The number of benzene rings is 2. The minimum atomic E-state index is -0.874. The van der Waals surface area contributed by atoms with Crippen LogP contribution in [0.1, 0.15) is 74.5 Å². The molecule has 0 heterocycles. The number of aryl methyl sites for hydroxylation is 1. The zero-order valence-electron chi connectivity index (χ0n) is 17.9. The van der Waals surface area contributed by atoms with E-state index < -0.39 is 11.6 Å². The number of allylic oxidation sites excluding steroid dienone is 1. The number of unbranched alkanes of at least 4 members (excludes halogenated alkanes) is 2. The van der Waals surface area contributed by atoms with E-state index >= 15 is 0 Å². The monoisotopic (exact) mass is 416 g/mol. The Morgan fingerprint density at radius 2 is 1.73 bits per heavy atom. The summed E-state index contributed by atoms with van der Waals surface area (Å²) in [5, 5.41) is 0. The average molecular weight is 417 g/mol. The van der Waals surface area contributed by atoms with E-state index in [0.717, 1.165) is 50.5 Å². The molecule has 1 aliphatic rings. The van der Waals surface area contributed by atoms with Crippen LogP contribution in [0.2, 0.25) is 0 Å². The van der Waals surface area contributed by atoms with E-state index in [0.29, 0.717) is 23.7 Å². The van der Waals surface area contributed by atoms with Crippen LogP contribution in [0.15, 0.2) is 36.4 Å². The third-order valence-corrected chi connectivity index (χ3v) is 6.00. The minimum absolute atomic E-state index is 0.00379. The summed E-state index contributed by atoms with van der Waals surface area (Å²) in [6, 6.07) is 8.46. The molecule has 0 amide bonds. The minimum Gasteiger partial charge on any atom is -0.490 e. The van der Waals surface area contributed by atoms with Crippen LogP contribution in [0.3, 0.4) is 0 Å². The molecule has 30 heavy (non-hydrogen) atoms. The van der Waals surface area contributed by atoms with Crippen molar-refractivity contribution in [1.29, 1.82) is 0 Å². The second kappa shape index (κ2) is 10.7. The van der Waals surface area contributed by atoms with Gasteiger partial charge in [0.1, 0.15) is 5.82 Å². The number of hydrogen-bond acceptors (Lipinski definition) is 1. The van der Waals surface area contributed by atoms with Crippen LogP contribution in [0, 0.1) is 30.3 Å². The van der Waals surface area contributed by atoms with E-state index in [9.17, 15) is 13.2 Å². The van der Waals surface area contributed by atoms with Crippen molar-refractivity contribution in [3.8, 4) is 5.75 Å². The van der Waals surface area contributed by atoms with Crippen molar-refractivity contribution >= 4 is 6.08 Å². The Kier molecular flexibility index (Phi) is 8.01. The molecule has 0 N–H and O–H groups in total. The van der Waals surface area contributed by atoms with Gasteiger partial charge in [-0.15, -0.1) is 0 Å². The molecule has 0 bridgehead atoms. The van der Waals surface area contributed by atoms with E-state index in [2.05, 4.69) is 6.92 Å². The molecule has 1 fully saturated rings. The number of ether oxygens (including phenoxy) is 1. The number of halogens is 3. The van der Waals surface area contributed by atoms with Gasteiger partial charge in [0.05, 0.1) is 6.61 Å². The van der Waals surface area contributed by atoms with Gasteiger partial charge in [0, 0.05) is 5.56 Å². The van der Waals surface area contributed by atoms with Crippen molar-refractivity contribution in [2.75, 3.05) is 6.61 Å². The number of rotatable bonds is 8. The van der Waals surface area contributed by atoms with Crippen LogP contribution in [-0.2, 0) is 0 Å². The molecule has 1 aliphatic carbocycles. The summed E-state index contributed by atoms with van der Waals surface area (Å²) in [5.74, 6) is -1.52. The normalized spacial score (nSPS) is 19.4. The lowest BCUT2D eigenvalue weighted by Crippen LogP contribution is -2.14. The third-order valence-electron chi connectivity index (χ3n) is 6.00. The highest BCUT2D eigenvalue weighted by Gasteiger charge is 2.26.